The molecule has 4 rings (SSSR count). The van der Waals surface area contributed by atoms with Crippen molar-refractivity contribution in [2.45, 2.75) is 6.04 Å². The summed E-state index contributed by atoms with van der Waals surface area (Å²) in [6.07, 6.45) is 0. The summed E-state index contributed by atoms with van der Waals surface area (Å²) in [5, 5.41) is 11.3. The van der Waals surface area contributed by atoms with Crippen molar-refractivity contribution in [1.29, 1.82) is 0 Å². The molecule has 0 aromatic heterocycles. The number of ether oxygens (including phenoxy) is 4. The molecule has 2 aromatic rings. The molecule has 0 spiro atoms. The van der Waals surface area contributed by atoms with Crippen LogP contribution >= 0.6 is 0 Å². The highest BCUT2D eigenvalue weighted by molar-refractivity contribution is 6.46. The Kier molecular flexibility index (Phi) is 7.57. The Labute approximate surface area is 204 Å². The van der Waals surface area contributed by atoms with Crippen molar-refractivity contribution >= 4 is 17.4 Å². The van der Waals surface area contributed by atoms with Gasteiger partial charge in [-0.05, 0) is 35.9 Å². The maximum Gasteiger partial charge on any atom is 0.295 e. The highest BCUT2D eigenvalue weighted by Crippen LogP contribution is 2.41. The molecule has 2 aliphatic rings. The van der Waals surface area contributed by atoms with Gasteiger partial charge in [0.2, 0.25) is 0 Å². The van der Waals surface area contributed by atoms with Crippen LogP contribution < -0.4 is 14.2 Å². The summed E-state index contributed by atoms with van der Waals surface area (Å²) >= 11 is 0. The topological polar surface area (TPSA) is 97.8 Å². The number of aliphatic hydroxyl groups excluding tert-OH is 1. The third kappa shape index (κ3) is 4.96. The van der Waals surface area contributed by atoms with Gasteiger partial charge in [0.25, 0.3) is 11.7 Å². The Balaban J connectivity index is 1.77. The monoisotopic (exact) mass is 482 g/mol. The number of carbonyl (C=O) groups is 2. The zero-order valence-electron chi connectivity index (χ0n) is 20.2. The lowest BCUT2D eigenvalue weighted by atomic mass is 9.95. The van der Waals surface area contributed by atoms with E-state index in [9.17, 15) is 14.7 Å². The number of hydrogen-bond donors (Lipinski definition) is 1. The lowest BCUT2D eigenvalue weighted by Gasteiger charge is -2.31. The van der Waals surface area contributed by atoms with Gasteiger partial charge >= 0.3 is 0 Å². The second-order valence-corrected chi connectivity index (χ2v) is 8.29. The zero-order chi connectivity index (χ0) is 24.9. The standard InChI is InChI=1S/C26H30N2O7/c1-32-19-6-4-5-17(15-19)23-22(24(29)18-7-8-20(33-2)21(16-18)34-3)25(30)26(31)28(23)10-9-27-11-13-35-14-12-27/h4-8,15-16,23,29H,9-14H2,1-3H3/b24-22+/t23-/m1/s1. The van der Waals surface area contributed by atoms with E-state index < -0.39 is 17.7 Å². The molecule has 2 aromatic carbocycles. The molecule has 186 valence electrons. The van der Waals surface area contributed by atoms with Gasteiger partial charge < -0.3 is 29.0 Å². The van der Waals surface area contributed by atoms with Crippen molar-refractivity contribution in [1.82, 2.24) is 9.80 Å². The smallest absolute Gasteiger partial charge is 0.295 e. The first-order valence-corrected chi connectivity index (χ1v) is 11.4. The van der Waals surface area contributed by atoms with E-state index in [4.69, 9.17) is 18.9 Å². The number of aliphatic hydroxyl groups is 1. The quantitative estimate of drug-likeness (QED) is 0.348. The summed E-state index contributed by atoms with van der Waals surface area (Å²) in [6, 6.07) is 11.3. The van der Waals surface area contributed by atoms with Crippen LogP contribution in [0.4, 0.5) is 0 Å². The predicted molar refractivity (Wildman–Crippen MR) is 129 cm³/mol. The summed E-state index contributed by atoms with van der Waals surface area (Å²) in [7, 11) is 4.56. The molecular formula is C26H30N2O7. The molecule has 9 heteroatoms. The number of morpholine rings is 1. The van der Waals surface area contributed by atoms with Crippen LogP contribution in [-0.2, 0) is 14.3 Å². The molecule has 2 saturated heterocycles. The maximum absolute atomic E-state index is 13.3. The number of benzene rings is 2. The minimum atomic E-state index is -0.765. The van der Waals surface area contributed by atoms with E-state index in [0.717, 1.165) is 13.1 Å². The Morgan fingerprint density at radius 3 is 2.40 bits per heavy atom. The first kappa shape index (κ1) is 24.6. The number of ketones is 1. The average Bonchev–Trinajstić information content (AvgIpc) is 3.16. The number of methoxy groups -OCH3 is 3. The van der Waals surface area contributed by atoms with E-state index in [1.165, 1.54) is 19.1 Å². The Morgan fingerprint density at radius 2 is 1.71 bits per heavy atom. The van der Waals surface area contributed by atoms with Crippen molar-refractivity contribution < 1.29 is 33.6 Å². The van der Waals surface area contributed by atoms with Crippen LogP contribution in [0.5, 0.6) is 17.2 Å². The summed E-state index contributed by atoms with van der Waals surface area (Å²) in [5.41, 5.74) is 1.05. The van der Waals surface area contributed by atoms with E-state index in [1.807, 2.05) is 6.07 Å². The average molecular weight is 483 g/mol. The van der Waals surface area contributed by atoms with Crippen LogP contribution in [0, 0.1) is 0 Å². The van der Waals surface area contributed by atoms with Gasteiger partial charge in [0, 0.05) is 31.7 Å². The minimum Gasteiger partial charge on any atom is -0.507 e. The number of nitrogens with zero attached hydrogens (tertiary/aromatic N) is 2. The fraction of sp³-hybridized carbons (Fsp3) is 0.385. The Hall–Kier alpha value is -3.56. The molecule has 0 unspecified atom stereocenters. The highest BCUT2D eigenvalue weighted by Gasteiger charge is 2.46. The van der Waals surface area contributed by atoms with Crippen molar-refractivity contribution in [3.8, 4) is 17.2 Å². The van der Waals surface area contributed by atoms with Gasteiger partial charge in [-0.25, -0.2) is 0 Å². The van der Waals surface area contributed by atoms with E-state index in [-0.39, 0.29) is 11.3 Å². The van der Waals surface area contributed by atoms with Crippen molar-refractivity contribution in [2.24, 2.45) is 0 Å². The third-order valence-electron chi connectivity index (χ3n) is 6.37. The number of carbonyl (C=O) groups excluding carboxylic acids is 2. The van der Waals surface area contributed by atoms with Crippen LogP contribution in [0.3, 0.4) is 0 Å². The van der Waals surface area contributed by atoms with Crippen molar-refractivity contribution in [3.63, 3.8) is 0 Å². The van der Waals surface area contributed by atoms with Gasteiger partial charge in [-0.2, -0.15) is 0 Å². The fourth-order valence-electron chi connectivity index (χ4n) is 4.48. The van der Waals surface area contributed by atoms with Gasteiger partial charge in [0.05, 0.1) is 46.2 Å². The maximum atomic E-state index is 13.3. The molecule has 2 aliphatic heterocycles. The molecule has 2 fully saturated rings. The number of amides is 1. The third-order valence-corrected chi connectivity index (χ3v) is 6.37. The normalized spacial score (nSPS) is 20.2. The summed E-state index contributed by atoms with van der Waals surface area (Å²) in [4.78, 5) is 30.2. The Bertz CT molecular complexity index is 1120. The van der Waals surface area contributed by atoms with E-state index in [2.05, 4.69) is 4.90 Å². The molecule has 1 N–H and O–H groups in total. The largest absolute Gasteiger partial charge is 0.507 e. The molecule has 1 amide bonds. The molecule has 0 radical (unpaired) electrons. The zero-order valence-corrected chi connectivity index (χ0v) is 20.2. The summed E-state index contributed by atoms with van der Waals surface area (Å²) < 4.78 is 21.4. The molecule has 9 nitrogen and oxygen atoms in total. The number of hydrogen-bond acceptors (Lipinski definition) is 8. The van der Waals surface area contributed by atoms with Gasteiger partial charge in [0.15, 0.2) is 11.5 Å². The van der Waals surface area contributed by atoms with E-state index >= 15 is 0 Å². The minimum absolute atomic E-state index is 0.0254. The molecule has 0 bridgehead atoms. The Morgan fingerprint density at radius 1 is 0.971 bits per heavy atom. The van der Waals surface area contributed by atoms with Crippen LogP contribution in [0.15, 0.2) is 48.0 Å². The molecule has 35 heavy (non-hydrogen) atoms. The second kappa shape index (κ2) is 10.8. The molecule has 0 aliphatic carbocycles. The van der Waals surface area contributed by atoms with Gasteiger partial charge in [-0.15, -0.1) is 0 Å². The molecule has 2 heterocycles. The SMILES string of the molecule is COc1cccc([C@@H]2/C(=C(\O)c3ccc(OC)c(OC)c3)C(=O)C(=O)N2CCN2CCOCC2)c1. The van der Waals surface area contributed by atoms with Gasteiger partial charge in [-0.3, -0.25) is 14.5 Å². The van der Waals surface area contributed by atoms with Crippen molar-refractivity contribution in [3.05, 3.63) is 59.2 Å². The first-order chi connectivity index (χ1) is 17.0. The van der Waals surface area contributed by atoms with Crippen LogP contribution in [0.25, 0.3) is 5.76 Å². The molecule has 0 saturated carbocycles. The molecular weight excluding hydrogens is 452 g/mol. The van der Waals surface area contributed by atoms with Crippen LogP contribution in [0.2, 0.25) is 0 Å². The van der Waals surface area contributed by atoms with Crippen molar-refractivity contribution in [2.75, 3.05) is 60.7 Å². The lowest BCUT2D eigenvalue weighted by molar-refractivity contribution is -0.140. The summed E-state index contributed by atoms with van der Waals surface area (Å²) in [5.74, 6) is -0.172. The van der Waals surface area contributed by atoms with Gasteiger partial charge in [-0.1, -0.05) is 12.1 Å². The highest BCUT2D eigenvalue weighted by atomic mass is 16.5. The number of rotatable bonds is 8. The number of Topliss-reactive ketones (excluding diaryl/α,β-unsaturated/α-hetero) is 1. The van der Waals surface area contributed by atoms with Crippen LogP contribution in [-0.4, -0.2) is 87.3 Å². The number of likely N-dealkylation sites (tertiary alicyclic amines) is 1. The molecule has 1 atom stereocenters. The predicted octanol–water partition coefficient (Wildman–Crippen LogP) is 2.47. The first-order valence-electron chi connectivity index (χ1n) is 11.4. The van der Waals surface area contributed by atoms with E-state index in [0.29, 0.717) is 54.7 Å². The summed E-state index contributed by atoms with van der Waals surface area (Å²) in [6.45, 7) is 3.72. The van der Waals surface area contributed by atoms with Gasteiger partial charge in [0.1, 0.15) is 11.5 Å². The fourth-order valence-corrected chi connectivity index (χ4v) is 4.48. The lowest BCUT2D eigenvalue weighted by Crippen LogP contribution is -2.42. The second-order valence-electron chi connectivity index (χ2n) is 8.29. The van der Waals surface area contributed by atoms with Crippen LogP contribution in [0.1, 0.15) is 17.2 Å². The van der Waals surface area contributed by atoms with E-state index in [1.54, 1.807) is 43.5 Å².